The summed E-state index contributed by atoms with van der Waals surface area (Å²) in [6, 6.07) is 7.34. The zero-order chi connectivity index (χ0) is 14.0. The van der Waals surface area contributed by atoms with Gasteiger partial charge in [0.15, 0.2) is 0 Å². The Bertz CT molecular complexity index is 433. The summed E-state index contributed by atoms with van der Waals surface area (Å²) in [5.41, 5.74) is 2.07. The molecule has 1 aliphatic rings. The Labute approximate surface area is 110 Å². The van der Waals surface area contributed by atoms with Crippen molar-refractivity contribution < 1.29 is 17.6 Å². The number of rotatable bonds is 4. The van der Waals surface area contributed by atoms with Crippen molar-refractivity contribution in [3.8, 4) is 0 Å². The third-order valence-corrected chi connectivity index (χ3v) is 3.69. The minimum Gasteiger partial charge on any atom is -0.304 e. The van der Waals surface area contributed by atoms with Crippen molar-refractivity contribution in [3.63, 3.8) is 0 Å². The van der Waals surface area contributed by atoms with E-state index in [0.29, 0.717) is 12.3 Å². The monoisotopic (exact) mass is 275 g/mol. The second kappa shape index (κ2) is 5.49. The first kappa shape index (κ1) is 14.3. The summed E-state index contributed by atoms with van der Waals surface area (Å²) in [5, 5.41) is 2.59. The SMILES string of the molecule is CC1CCC(NCC(F)(F)C(F)F)c2ccccc21. The van der Waals surface area contributed by atoms with Crippen LogP contribution >= 0.6 is 0 Å². The molecule has 0 spiro atoms. The highest BCUT2D eigenvalue weighted by Gasteiger charge is 2.41. The van der Waals surface area contributed by atoms with E-state index in [0.717, 1.165) is 17.5 Å². The number of hydrogen-bond donors (Lipinski definition) is 1. The average molecular weight is 275 g/mol. The molecule has 1 aliphatic carbocycles. The van der Waals surface area contributed by atoms with Gasteiger partial charge in [0.05, 0.1) is 6.54 Å². The van der Waals surface area contributed by atoms with Crippen molar-refractivity contribution in [2.75, 3.05) is 6.54 Å². The summed E-state index contributed by atoms with van der Waals surface area (Å²) < 4.78 is 50.2. The third kappa shape index (κ3) is 3.08. The molecule has 2 rings (SSSR count). The van der Waals surface area contributed by atoms with Gasteiger partial charge in [0.1, 0.15) is 0 Å². The standard InChI is InChI=1S/C14H17F4N/c1-9-6-7-12(11-5-3-2-4-10(9)11)19-8-14(17,18)13(15)16/h2-5,9,12-13,19H,6-8H2,1H3. The summed E-state index contributed by atoms with van der Waals surface area (Å²) in [7, 11) is 0. The maximum absolute atomic E-state index is 12.9. The Kier molecular flexibility index (Phi) is 4.13. The third-order valence-electron chi connectivity index (χ3n) is 3.69. The fourth-order valence-corrected chi connectivity index (χ4v) is 2.55. The van der Waals surface area contributed by atoms with Gasteiger partial charge in [0.2, 0.25) is 0 Å². The van der Waals surface area contributed by atoms with Gasteiger partial charge < -0.3 is 5.32 Å². The van der Waals surface area contributed by atoms with E-state index in [1.807, 2.05) is 24.3 Å². The second-order valence-electron chi connectivity index (χ2n) is 5.10. The Hall–Kier alpha value is -1.10. The molecule has 1 nitrogen and oxygen atoms in total. The normalized spacial score (nSPS) is 23.5. The van der Waals surface area contributed by atoms with Gasteiger partial charge >= 0.3 is 12.3 Å². The molecule has 2 atom stereocenters. The minimum absolute atomic E-state index is 0.267. The van der Waals surface area contributed by atoms with Crippen LogP contribution < -0.4 is 5.32 Å². The second-order valence-corrected chi connectivity index (χ2v) is 5.10. The van der Waals surface area contributed by atoms with Gasteiger partial charge in [-0.05, 0) is 29.9 Å². The first-order chi connectivity index (χ1) is 8.92. The van der Waals surface area contributed by atoms with Crippen molar-refractivity contribution in [2.24, 2.45) is 0 Å². The smallest absolute Gasteiger partial charge is 0.304 e. The highest BCUT2D eigenvalue weighted by atomic mass is 19.3. The fourth-order valence-electron chi connectivity index (χ4n) is 2.55. The molecule has 19 heavy (non-hydrogen) atoms. The lowest BCUT2D eigenvalue weighted by atomic mass is 9.81. The van der Waals surface area contributed by atoms with E-state index in [1.165, 1.54) is 0 Å². The van der Waals surface area contributed by atoms with Crippen molar-refractivity contribution >= 4 is 0 Å². The molecule has 0 heterocycles. The van der Waals surface area contributed by atoms with E-state index in [1.54, 1.807) is 0 Å². The molecule has 0 amide bonds. The molecule has 2 unspecified atom stereocenters. The Morgan fingerprint density at radius 2 is 1.84 bits per heavy atom. The zero-order valence-electron chi connectivity index (χ0n) is 10.7. The van der Waals surface area contributed by atoms with E-state index in [9.17, 15) is 17.6 Å². The summed E-state index contributed by atoms with van der Waals surface area (Å²) in [6.07, 6.45) is -2.07. The minimum atomic E-state index is -3.97. The lowest BCUT2D eigenvalue weighted by Crippen LogP contribution is -2.41. The molecule has 0 fully saturated rings. The Balaban J connectivity index is 2.09. The first-order valence-electron chi connectivity index (χ1n) is 6.40. The number of benzene rings is 1. The summed E-state index contributed by atoms with van der Waals surface area (Å²) in [5.74, 6) is -3.59. The number of nitrogens with one attached hydrogen (secondary N) is 1. The van der Waals surface area contributed by atoms with Crippen LogP contribution in [0, 0.1) is 0 Å². The predicted molar refractivity (Wildman–Crippen MR) is 65.8 cm³/mol. The Morgan fingerprint density at radius 1 is 1.21 bits per heavy atom. The van der Waals surface area contributed by atoms with Crippen LogP contribution in [0.15, 0.2) is 24.3 Å². The molecule has 0 bridgehead atoms. The summed E-state index contributed by atoms with van der Waals surface area (Å²) >= 11 is 0. The molecule has 106 valence electrons. The fraction of sp³-hybridized carbons (Fsp3) is 0.571. The highest BCUT2D eigenvalue weighted by Crippen LogP contribution is 2.37. The van der Waals surface area contributed by atoms with Crippen LogP contribution in [0.2, 0.25) is 0 Å². The van der Waals surface area contributed by atoms with E-state index in [2.05, 4.69) is 12.2 Å². The van der Waals surface area contributed by atoms with Crippen LogP contribution in [0.4, 0.5) is 17.6 Å². The molecule has 5 heteroatoms. The highest BCUT2D eigenvalue weighted by molar-refractivity contribution is 5.34. The van der Waals surface area contributed by atoms with Gasteiger partial charge in [-0.25, -0.2) is 8.78 Å². The molecule has 1 aromatic rings. The molecular formula is C14H17F4N. The van der Waals surface area contributed by atoms with Gasteiger partial charge in [0.25, 0.3) is 0 Å². The van der Waals surface area contributed by atoms with Crippen LogP contribution in [0.5, 0.6) is 0 Å². The van der Waals surface area contributed by atoms with Crippen LogP contribution in [-0.4, -0.2) is 18.9 Å². The van der Waals surface area contributed by atoms with Crippen LogP contribution in [0.1, 0.15) is 42.9 Å². The summed E-state index contributed by atoms with van der Waals surface area (Å²) in [4.78, 5) is 0. The number of hydrogen-bond acceptors (Lipinski definition) is 1. The van der Waals surface area contributed by atoms with Crippen molar-refractivity contribution in [1.29, 1.82) is 0 Å². The van der Waals surface area contributed by atoms with Crippen LogP contribution in [0.3, 0.4) is 0 Å². The summed E-state index contributed by atoms with van der Waals surface area (Å²) in [6.45, 7) is 1.10. The predicted octanol–water partition coefficient (Wildman–Crippen LogP) is 4.12. The molecule has 1 N–H and O–H groups in total. The molecule has 0 aromatic heterocycles. The van der Waals surface area contributed by atoms with E-state index >= 15 is 0 Å². The molecule has 1 aromatic carbocycles. The van der Waals surface area contributed by atoms with Crippen molar-refractivity contribution in [3.05, 3.63) is 35.4 Å². The van der Waals surface area contributed by atoms with Crippen LogP contribution in [0.25, 0.3) is 0 Å². The number of halogens is 4. The average Bonchev–Trinajstić information content (AvgIpc) is 2.38. The van der Waals surface area contributed by atoms with Gasteiger partial charge in [0, 0.05) is 6.04 Å². The van der Waals surface area contributed by atoms with Crippen molar-refractivity contribution in [2.45, 2.75) is 44.1 Å². The zero-order valence-corrected chi connectivity index (χ0v) is 10.7. The van der Waals surface area contributed by atoms with Gasteiger partial charge in [-0.2, -0.15) is 8.78 Å². The van der Waals surface area contributed by atoms with Crippen LogP contribution in [-0.2, 0) is 0 Å². The lowest BCUT2D eigenvalue weighted by molar-refractivity contribution is -0.126. The van der Waals surface area contributed by atoms with Gasteiger partial charge in [-0.3, -0.25) is 0 Å². The lowest BCUT2D eigenvalue weighted by Gasteiger charge is -2.31. The maximum atomic E-state index is 12.9. The molecule has 0 radical (unpaired) electrons. The first-order valence-corrected chi connectivity index (χ1v) is 6.40. The molecule has 0 aliphatic heterocycles. The van der Waals surface area contributed by atoms with E-state index in [-0.39, 0.29) is 6.04 Å². The quantitative estimate of drug-likeness (QED) is 0.815. The van der Waals surface area contributed by atoms with Crippen molar-refractivity contribution in [1.82, 2.24) is 5.32 Å². The topological polar surface area (TPSA) is 12.0 Å². The van der Waals surface area contributed by atoms with E-state index < -0.39 is 18.9 Å². The van der Waals surface area contributed by atoms with E-state index in [4.69, 9.17) is 0 Å². The molecule has 0 saturated heterocycles. The van der Waals surface area contributed by atoms with Gasteiger partial charge in [-0.1, -0.05) is 31.2 Å². The molecule has 0 saturated carbocycles. The largest absolute Gasteiger partial charge is 0.319 e. The Morgan fingerprint density at radius 3 is 2.47 bits per heavy atom. The molecular weight excluding hydrogens is 258 g/mol. The van der Waals surface area contributed by atoms with Gasteiger partial charge in [-0.15, -0.1) is 0 Å². The number of fused-ring (bicyclic) bond motifs is 1. The number of alkyl halides is 4. The maximum Gasteiger partial charge on any atom is 0.319 e.